The Morgan fingerprint density at radius 2 is 2.10 bits per heavy atom. The van der Waals surface area contributed by atoms with Crippen LogP contribution in [0.25, 0.3) is 10.2 Å². The average Bonchev–Trinajstić information content (AvgIpc) is 3.08. The third kappa shape index (κ3) is 4.18. The van der Waals surface area contributed by atoms with Gasteiger partial charge in [0.2, 0.25) is 5.91 Å². The molecule has 6 heteroatoms. The number of thiophene rings is 1. The Bertz CT molecular complexity index is 1190. The topological polar surface area (TPSA) is 55.2 Å². The van der Waals surface area contributed by atoms with Crippen molar-refractivity contribution in [1.29, 1.82) is 0 Å². The Morgan fingerprint density at radius 3 is 2.77 bits per heavy atom. The van der Waals surface area contributed by atoms with Gasteiger partial charge < -0.3 is 4.90 Å². The van der Waals surface area contributed by atoms with Crippen molar-refractivity contribution >= 4 is 33.1 Å². The summed E-state index contributed by atoms with van der Waals surface area (Å²) < 4.78 is 1.48. The van der Waals surface area contributed by atoms with Gasteiger partial charge in [-0.25, -0.2) is 4.98 Å². The standard InChI is InChI=1S/C25H31N3O2S/c1-6-28(18-9-7-8-16(2)12-18)21(29)14-27-15-26-23-22(24(27)30)19-11-10-17(25(3,4)5)13-20(19)31-23/h7-9,12,15,17H,6,10-11,13-14H2,1-5H3. The van der Waals surface area contributed by atoms with Crippen molar-refractivity contribution in [3.63, 3.8) is 0 Å². The summed E-state index contributed by atoms with van der Waals surface area (Å²) in [5, 5.41) is 0.723. The van der Waals surface area contributed by atoms with Gasteiger partial charge in [-0.2, -0.15) is 0 Å². The van der Waals surface area contributed by atoms with Crippen LogP contribution in [0.4, 0.5) is 5.69 Å². The van der Waals surface area contributed by atoms with Gasteiger partial charge in [-0.3, -0.25) is 14.2 Å². The maximum atomic E-state index is 13.3. The van der Waals surface area contributed by atoms with Gasteiger partial charge >= 0.3 is 0 Å². The fourth-order valence-corrected chi connectivity index (χ4v) is 5.84. The van der Waals surface area contributed by atoms with Gasteiger partial charge in [-0.05, 0) is 67.7 Å². The number of amides is 1. The van der Waals surface area contributed by atoms with Crippen molar-refractivity contribution in [2.24, 2.45) is 11.3 Å². The third-order valence-corrected chi connectivity index (χ3v) is 7.66. The molecule has 2 heterocycles. The van der Waals surface area contributed by atoms with Crippen LogP contribution >= 0.6 is 11.3 Å². The Hall–Kier alpha value is -2.47. The molecule has 31 heavy (non-hydrogen) atoms. The average molecular weight is 438 g/mol. The van der Waals surface area contributed by atoms with E-state index in [2.05, 4.69) is 25.8 Å². The third-order valence-electron chi connectivity index (χ3n) is 6.50. The molecule has 5 nitrogen and oxygen atoms in total. The lowest BCUT2D eigenvalue weighted by Gasteiger charge is -2.33. The first-order chi connectivity index (χ1) is 14.7. The molecule has 2 aromatic heterocycles. The van der Waals surface area contributed by atoms with E-state index >= 15 is 0 Å². The van der Waals surface area contributed by atoms with Crippen LogP contribution in [0.3, 0.4) is 0 Å². The Balaban J connectivity index is 1.64. The number of aromatic nitrogens is 2. The smallest absolute Gasteiger partial charge is 0.262 e. The first-order valence-corrected chi connectivity index (χ1v) is 11.9. The molecule has 1 aliphatic rings. The first kappa shape index (κ1) is 21.8. The molecule has 0 fully saturated rings. The second-order valence-corrected chi connectivity index (χ2v) is 10.7. The van der Waals surface area contributed by atoms with Gasteiger partial charge in [-0.1, -0.05) is 32.9 Å². The largest absolute Gasteiger partial charge is 0.311 e. The van der Waals surface area contributed by atoms with Gasteiger partial charge in [0.25, 0.3) is 5.56 Å². The van der Waals surface area contributed by atoms with Gasteiger partial charge in [-0.15, -0.1) is 11.3 Å². The predicted molar refractivity (Wildman–Crippen MR) is 128 cm³/mol. The lowest BCUT2D eigenvalue weighted by atomic mass is 9.72. The molecule has 0 bridgehead atoms. The summed E-state index contributed by atoms with van der Waals surface area (Å²) in [7, 11) is 0. The van der Waals surface area contributed by atoms with Crippen molar-refractivity contribution < 1.29 is 4.79 Å². The number of rotatable bonds is 4. The Morgan fingerprint density at radius 1 is 1.32 bits per heavy atom. The Kier molecular flexibility index (Phi) is 5.77. The van der Waals surface area contributed by atoms with Crippen LogP contribution in [0.5, 0.6) is 0 Å². The lowest BCUT2D eigenvalue weighted by Crippen LogP contribution is -2.36. The monoisotopic (exact) mass is 437 g/mol. The summed E-state index contributed by atoms with van der Waals surface area (Å²) in [4.78, 5) is 34.8. The molecule has 1 atom stereocenters. The van der Waals surface area contributed by atoms with Crippen molar-refractivity contribution in [3.8, 4) is 0 Å². The number of benzene rings is 1. The van der Waals surface area contributed by atoms with E-state index in [1.807, 2.05) is 38.1 Å². The SMILES string of the molecule is CCN(C(=O)Cn1cnc2sc3c(c2c1=O)CCC(C(C)(C)C)C3)c1cccc(C)c1. The van der Waals surface area contributed by atoms with Crippen LogP contribution < -0.4 is 10.5 Å². The zero-order chi connectivity index (χ0) is 22.3. The van der Waals surface area contributed by atoms with E-state index in [0.29, 0.717) is 12.5 Å². The van der Waals surface area contributed by atoms with Crippen LogP contribution in [0.1, 0.15) is 50.1 Å². The number of likely N-dealkylation sites (N-methyl/N-ethyl adjacent to an activating group) is 1. The molecule has 1 amide bonds. The van der Waals surface area contributed by atoms with Crippen molar-refractivity contribution in [2.45, 2.75) is 60.4 Å². The summed E-state index contributed by atoms with van der Waals surface area (Å²) >= 11 is 1.65. The van der Waals surface area contributed by atoms with E-state index < -0.39 is 0 Å². The summed E-state index contributed by atoms with van der Waals surface area (Å²) in [6.45, 7) is 11.4. The zero-order valence-electron chi connectivity index (χ0n) is 19.1. The molecule has 0 radical (unpaired) electrons. The minimum Gasteiger partial charge on any atom is -0.311 e. The number of carbonyl (C=O) groups excluding carboxylic acids is 1. The number of nitrogens with zero attached hydrogens (tertiary/aromatic N) is 3. The van der Waals surface area contributed by atoms with E-state index in [4.69, 9.17) is 0 Å². The number of hydrogen-bond donors (Lipinski definition) is 0. The highest BCUT2D eigenvalue weighted by molar-refractivity contribution is 7.18. The molecular formula is C25H31N3O2S. The molecule has 0 N–H and O–H groups in total. The maximum Gasteiger partial charge on any atom is 0.262 e. The fraction of sp³-hybridized carbons (Fsp3) is 0.480. The van der Waals surface area contributed by atoms with Crippen molar-refractivity contribution in [1.82, 2.24) is 9.55 Å². The van der Waals surface area contributed by atoms with E-state index in [-0.39, 0.29) is 23.4 Å². The number of aryl methyl sites for hydroxylation is 2. The van der Waals surface area contributed by atoms with Gasteiger partial charge in [0, 0.05) is 17.1 Å². The second kappa shape index (κ2) is 8.23. The molecule has 1 aromatic carbocycles. The molecule has 0 spiro atoms. The van der Waals surface area contributed by atoms with E-state index in [0.717, 1.165) is 46.3 Å². The van der Waals surface area contributed by atoms with Gasteiger partial charge in [0.05, 0.1) is 11.7 Å². The predicted octanol–water partition coefficient (Wildman–Crippen LogP) is 4.97. The summed E-state index contributed by atoms with van der Waals surface area (Å²) in [5.74, 6) is 0.512. The van der Waals surface area contributed by atoms with E-state index in [9.17, 15) is 9.59 Å². The fourth-order valence-electron chi connectivity index (χ4n) is 4.58. The number of hydrogen-bond acceptors (Lipinski definition) is 4. The van der Waals surface area contributed by atoms with Gasteiger partial charge in [0.15, 0.2) is 0 Å². The minimum absolute atomic E-state index is 0.00120. The number of carbonyl (C=O) groups is 1. The van der Waals surface area contributed by atoms with Crippen LogP contribution in [0, 0.1) is 18.3 Å². The molecule has 3 aromatic rings. The van der Waals surface area contributed by atoms with E-state index in [1.54, 1.807) is 16.2 Å². The molecule has 1 aliphatic carbocycles. The molecule has 0 saturated carbocycles. The molecule has 0 aliphatic heterocycles. The van der Waals surface area contributed by atoms with Crippen LogP contribution in [-0.2, 0) is 24.2 Å². The molecule has 1 unspecified atom stereocenters. The molecular weight excluding hydrogens is 406 g/mol. The van der Waals surface area contributed by atoms with Crippen LogP contribution in [-0.4, -0.2) is 22.0 Å². The van der Waals surface area contributed by atoms with Crippen LogP contribution in [0.15, 0.2) is 35.4 Å². The molecule has 0 saturated heterocycles. The van der Waals surface area contributed by atoms with Crippen molar-refractivity contribution in [2.75, 3.05) is 11.4 Å². The normalized spacial score (nSPS) is 16.4. The highest BCUT2D eigenvalue weighted by atomic mass is 32.1. The lowest BCUT2D eigenvalue weighted by molar-refractivity contribution is -0.119. The Labute approximate surface area is 187 Å². The number of anilines is 1. The zero-order valence-corrected chi connectivity index (χ0v) is 19.9. The summed E-state index contributed by atoms with van der Waals surface area (Å²) in [6.07, 6.45) is 4.55. The first-order valence-electron chi connectivity index (χ1n) is 11.1. The number of fused-ring (bicyclic) bond motifs is 3. The van der Waals surface area contributed by atoms with Crippen LogP contribution in [0.2, 0.25) is 0 Å². The van der Waals surface area contributed by atoms with E-state index in [1.165, 1.54) is 15.8 Å². The van der Waals surface area contributed by atoms with Gasteiger partial charge in [0.1, 0.15) is 11.4 Å². The minimum atomic E-state index is -0.103. The summed E-state index contributed by atoms with van der Waals surface area (Å²) in [5.41, 5.74) is 3.28. The summed E-state index contributed by atoms with van der Waals surface area (Å²) in [6, 6.07) is 7.88. The molecule has 4 rings (SSSR count). The second-order valence-electron chi connectivity index (χ2n) is 9.64. The maximum absolute atomic E-state index is 13.3. The quantitative estimate of drug-likeness (QED) is 0.579. The highest BCUT2D eigenvalue weighted by Gasteiger charge is 2.31. The molecule has 164 valence electrons. The highest BCUT2D eigenvalue weighted by Crippen LogP contribution is 2.41. The van der Waals surface area contributed by atoms with Crippen molar-refractivity contribution in [3.05, 3.63) is 57.0 Å².